The topological polar surface area (TPSA) is 42.9 Å². The average Bonchev–Trinajstić information content (AvgIpc) is 3.05. The van der Waals surface area contributed by atoms with Crippen molar-refractivity contribution in [3.8, 4) is 11.5 Å². The Labute approximate surface area is 124 Å². The Morgan fingerprint density at radius 2 is 1.70 bits per heavy atom. The van der Waals surface area contributed by atoms with Gasteiger partial charge in [0, 0.05) is 11.6 Å². The summed E-state index contributed by atoms with van der Waals surface area (Å²) in [7, 11) is 3.29. The highest BCUT2D eigenvalue weighted by molar-refractivity contribution is 7.82. The third-order valence-corrected chi connectivity index (χ3v) is 4.24. The number of aliphatic imine (C=N–C) groups is 1. The Hall–Kier alpha value is -1.62. The maximum absolute atomic E-state index is 5.47. The minimum atomic E-state index is -0.164. The molecule has 2 aliphatic rings. The van der Waals surface area contributed by atoms with Crippen molar-refractivity contribution in [1.82, 2.24) is 5.32 Å². The Bertz CT molecular complexity index is 555. The standard InChI is InChI=1S/C15H18N2O2S/c1-18-11-7-10(8-12(9-11)19-2)13-14(20)17-15(16-13)5-3-4-6-15/h7-9H,3-6H2,1-2H3,(H,17,20). The third kappa shape index (κ3) is 2.26. The highest BCUT2D eigenvalue weighted by atomic mass is 32.1. The fourth-order valence-corrected chi connectivity index (χ4v) is 3.25. The molecule has 1 fully saturated rings. The minimum absolute atomic E-state index is 0.164. The van der Waals surface area contributed by atoms with Crippen molar-refractivity contribution in [3.05, 3.63) is 23.8 Å². The molecule has 1 aromatic rings. The molecule has 1 aromatic carbocycles. The lowest BCUT2D eigenvalue weighted by Crippen LogP contribution is -2.39. The zero-order chi connectivity index (χ0) is 14.2. The van der Waals surface area contributed by atoms with Gasteiger partial charge in [0.1, 0.15) is 27.9 Å². The number of hydrogen-bond donors (Lipinski definition) is 1. The molecule has 0 atom stereocenters. The van der Waals surface area contributed by atoms with Crippen LogP contribution in [0.4, 0.5) is 0 Å². The van der Waals surface area contributed by atoms with E-state index < -0.39 is 0 Å². The molecule has 5 heteroatoms. The van der Waals surface area contributed by atoms with E-state index >= 15 is 0 Å². The van der Waals surface area contributed by atoms with E-state index in [1.165, 1.54) is 12.8 Å². The van der Waals surface area contributed by atoms with Crippen LogP contribution in [0.2, 0.25) is 0 Å². The van der Waals surface area contributed by atoms with Gasteiger partial charge in [0.15, 0.2) is 0 Å². The second kappa shape index (κ2) is 5.05. The molecule has 20 heavy (non-hydrogen) atoms. The van der Waals surface area contributed by atoms with Gasteiger partial charge in [-0.15, -0.1) is 0 Å². The normalized spacial score (nSPS) is 19.9. The first-order valence-electron chi connectivity index (χ1n) is 6.82. The summed E-state index contributed by atoms with van der Waals surface area (Å²) in [4.78, 5) is 5.60. The molecule has 0 amide bonds. The average molecular weight is 290 g/mol. The van der Waals surface area contributed by atoms with Crippen LogP contribution in [-0.2, 0) is 0 Å². The van der Waals surface area contributed by atoms with E-state index in [4.69, 9.17) is 26.7 Å². The minimum Gasteiger partial charge on any atom is -0.497 e. The summed E-state index contributed by atoms with van der Waals surface area (Å²) >= 11 is 5.47. The number of benzene rings is 1. The van der Waals surface area contributed by atoms with Crippen molar-refractivity contribution < 1.29 is 9.47 Å². The molecule has 0 bridgehead atoms. The van der Waals surface area contributed by atoms with E-state index in [1.807, 2.05) is 18.2 Å². The van der Waals surface area contributed by atoms with E-state index in [9.17, 15) is 0 Å². The largest absolute Gasteiger partial charge is 0.497 e. The molecular weight excluding hydrogens is 272 g/mol. The molecule has 1 aliphatic heterocycles. The number of hydrogen-bond acceptors (Lipinski definition) is 4. The van der Waals surface area contributed by atoms with Crippen LogP contribution in [0.1, 0.15) is 31.2 Å². The van der Waals surface area contributed by atoms with Crippen molar-refractivity contribution in [1.29, 1.82) is 0 Å². The van der Waals surface area contributed by atoms with E-state index in [1.54, 1.807) is 14.2 Å². The van der Waals surface area contributed by atoms with Crippen molar-refractivity contribution in [3.63, 3.8) is 0 Å². The molecule has 1 N–H and O–H groups in total. The van der Waals surface area contributed by atoms with Gasteiger partial charge < -0.3 is 14.8 Å². The van der Waals surface area contributed by atoms with Gasteiger partial charge >= 0.3 is 0 Å². The molecule has 1 saturated carbocycles. The van der Waals surface area contributed by atoms with Gasteiger partial charge in [-0.3, -0.25) is 4.99 Å². The highest BCUT2D eigenvalue weighted by Gasteiger charge is 2.40. The number of rotatable bonds is 3. The van der Waals surface area contributed by atoms with Gasteiger partial charge in [-0.25, -0.2) is 0 Å². The lowest BCUT2D eigenvalue weighted by atomic mass is 10.1. The fourth-order valence-electron chi connectivity index (χ4n) is 2.90. The summed E-state index contributed by atoms with van der Waals surface area (Å²) in [5, 5.41) is 3.40. The van der Waals surface area contributed by atoms with Crippen LogP contribution in [0.5, 0.6) is 11.5 Å². The van der Waals surface area contributed by atoms with E-state index in [0.717, 1.165) is 40.6 Å². The van der Waals surface area contributed by atoms with Gasteiger partial charge in [0.05, 0.1) is 14.2 Å². The fraction of sp³-hybridized carbons (Fsp3) is 0.467. The number of ether oxygens (including phenoxy) is 2. The van der Waals surface area contributed by atoms with E-state index in [2.05, 4.69) is 5.32 Å². The Kier molecular flexibility index (Phi) is 3.38. The highest BCUT2D eigenvalue weighted by Crippen LogP contribution is 2.35. The van der Waals surface area contributed by atoms with Gasteiger partial charge in [0.25, 0.3) is 0 Å². The Balaban J connectivity index is 2.01. The van der Waals surface area contributed by atoms with Crippen molar-refractivity contribution >= 4 is 22.9 Å². The summed E-state index contributed by atoms with van der Waals surface area (Å²) in [5.41, 5.74) is 1.63. The molecule has 4 nitrogen and oxygen atoms in total. The van der Waals surface area contributed by atoms with Crippen LogP contribution >= 0.6 is 12.2 Å². The molecule has 0 radical (unpaired) electrons. The molecule has 1 spiro atoms. The molecule has 1 heterocycles. The number of methoxy groups -OCH3 is 2. The summed E-state index contributed by atoms with van der Waals surface area (Å²) in [5.74, 6) is 1.49. The summed E-state index contributed by atoms with van der Waals surface area (Å²) in [6.07, 6.45) is 4.51. The Morgan fingerprint density at radius 1 is 1.10 bits per heavy atom. The molecule has 106 valence electrons. The van der Waals surface area contributed by atoms with Crippen LogP contribution in [0.3, 0.4) is 0 Å². The van der Waals surface area contributed by atoms with E-state index in [0.29, 0.717) is 0 Å². The monoisotopic (exact) mass is 290 g/mol. The predicted octanol–water partition coefficient (Wildman–Crippen LogP) is 2.69. The first-order valence-corrected chi connectivity index (χ1v) is 7.22. The number of nitrogens with zero attached hydrogens (tertiary/aromatic N) is 1. The maximum Gasteiger partial charge on any atom is 0.131 e. The van der Waals surface area contributed by atoms with Crippen molar-refractivity contribution in [2.45, 2.75) is 31.3 Å². The van der Waals surface area contributed by atoms with Crippen LogP contribution in [0.15, 0.2) is 23.2 Å². The molecule has 0 saturated heterocycles. The van der Waals surface area contributed by atoms with Crippen LogP contribution in [0, 0.1) is 0 Å². The summed E-state index contributed by atoms with van der Waals surface area (Å²) < 4.78 is 10.6. The van der Waals surface area contributed by atoms with Crippen LogP contribution < -0.4 is 14.8 Å². The summed E-state index contributed by atoms with van der Waals surface area (Å²) in [6.45, 7) is 0. The first kappa shape index (κ1) is 13.4. The third-order valence-electron chi connectivity index (χ3n) is 3.94. The van der Waals surface area contributed by atoms with Crippen molar-refractivity contribution in [2.75, 3.05) is 14.2 Å². The molecule has 3 rings (SSSR count). The number of thiocarbonyl (C=S) groups is 1. The Morgan fingerprint density at radius 3 is 2.25 bits per heavy atom. The zero-order valence-electron chi connectivity index (χ0n) is 11.7. The quantitative estimate of drug-likeness (QED) is 0.869. The zero-order valence-corrected chi connectivity index (χ0v) is 12.5. The second-order valence-corrected chi connectivity index (χ2v) is 5.66. The predicted molar refractivity (Wildman–Crippen MR) is 83.0 cm³/mol. The molecule has 0 aromatic heterocycles. The smallest absolute Gasteiger partial charge is 0.131 e. The van der Waals surface area contributed by atoms with Crippen molar-refractivity contribution in [2.24, 2.45) is 4.99 Å². The molecular formula is C15H18N2O2S. The molecule has 1 aliphatic carbocycles. The lowest BCUT2D eigenvalue weighted by molar-refractivity contribution is 0.394. The van der Waals surface area contributed by atoms with Gasteiger partial charge in [-0.1, -0.05) is 12.2 Å². The molecule has 0 unspecified atom stereocenters. The SMILES string of the molecule is COc1cc(OC)cc(C2=NC3(CCCC3)NC2=S)c1. The number of nitrogens with one attached hydrogen (secondary N) is 1. The van der Waals surface area contributed by atoms with Gasteiger partial charge in [0.2, 0.25) is 0 Å². The first-order chi connectivity index (χ1) is 9.65. The van der Waals surface area contributed by atoms with Crippen LogP contribution in [0.25, 0.3) is 0 Å². The maximum atomic E-state index is 5.47. The van der Waals surface area contributed by atoms with Gasteiger partial charge in [-0.05, 0) is 37.8 Å². The van der Waals surface area contributed by atoms with Gasteiger partial charge in [-0.2, -0.15) is 0 Å². The summed E-state index contributed by atoms with van der Waals surface area (Å²) in [6, 6.07) is 5.74. The van der Waals surface area contributed by atoms with Crippen LogP contribution in [-0.4, -0.2) is 30.6 Å². The lowest BCUT2D eigenvalue weighted by Gasteiger charge is -2.19. The van der Waals surface area contributed by atoms with E-state index in [-0.39, 0.29) is 5.66 Å². The second-order valence-electron chi connectivity index (χ2n) is 5.25.